The molecular formula is C16H22N2O5. The second-order valence-electron chi connectivity index (χ2n) is 6.12. The molecule has 1 aromatic rings. The topological polar surface area (TPSA) is 123 Å². The Bertz CT molecular complexity index is 589. The number of alkyl carbamates (subject to hydrolysis) is 1. The van der Waals surface area contributed by atoms with Crippen molar-refractivity contribution in [3.63, 3.8) is 0 Å². The van der Waals surface area contributed by atoms with Gasteiger partial charge < -0.3 is 25.4 Å². The van der Waals surface area contributed by atoms with Crippen LogP contribution in [0.1, 0.15) is 44.4 Å². The highest BCUT2D eigenvalue weighted by Crippen LogP contribution is 2.25. The molecule has 0 fully saturated rings. The van der Waals surface area contributed by atoms with Gasteiger partial charge in [-0.05, 0) is 44.9 Å². The number of phenols is 1. The number of carbonyl (C=O) groups is 1. The van der Waals surface area contributed by atoms with Gasteiger partial charge in [0, 0.05) is 6.54 Å². The number of hydrogen-bond donors (Lipinski definition) is 4. The lowest BCUT2D eigenvalue weighted by atomic mass is 10.0. The highest BCUT2D eigenvalue weighted by Gasteiger charge is 2.20. The van der Waals surface area contributed by atoms with Gasteiger partial charge in [-0.3, -0.25) is 0 Å². The summed E-state index contributed by atoms with van der Waals surface area (Å²) < 4.78 is 5.05. The van der Waals surface area contributed by atoms with Crippen LogP contribution in [0.4, 0.5) is 4.79 Å². The maximum atomic E-state index is 11.5. The zero-order valence-electron chi connectivity index (χ0n) is 13.4. The van der Waals surface area contributed by atoms with Crippen molar-refractivity contribution in [2.24, 2.45) is 0 Å². The van der Waals surface area contributed by atoms with Gasteiger partial charge in [-0.2, -0.15) is 5.26 Å². The third-order valence-corrected chi connectivity index (χ3v) is 2.96. The number of aromatic hydroxyl groups is 1. The number of rotatable bonds is 5. The highest BCUT2D eigenvalue weighted by molar-refractivity contribution is 5.67. The van der Waals surface area contributed by atoms with Gasteiger partial charge in [-0.25, -0.2) is 4.79 Å². The normalized spacial score (nSPS) is 13.7. The van der Waals surface area contributed by atoms with E-state index in [9.17, 15) is 20.1 Å². The molecule has 1 aromatic carbocycles. The van der Waals surface area contributed by atoms with Crippen LogP contribution >= 0.6 is 0 Å². The Hall–Kier alpha value is -2.30. The van der Waals surface area contributed by atoms with Crippen LogP contribution in [0.15, 0.2) is 18.2 Å². The zero-order valence-corrected chi connectivity index (χ0v) is 13.4. The minimum absolute atomic E-state index is 0.0852. The van der Waals surface area contributed by atoms with Crippen molar-refractivity contribution in [2.45, 2.75) is 45.0 Å². The molecule has 4 N–H and O–H groups in total. The van der Waals surface area contributed by atoms with Gasteiger partial charge in [-0.15, -0.1) is 0 Å². The lowest BCUT2D eigenvalue weighted by Crippen LogP contribution is -2.34. The van der Waals surface area contributed by atoms with Gasteiger partial charge in [-0.1, -0.05) is 6.07 Å². The molecule has 0 radical (unpaired) electrons. The average Bonchev–Trinajstić information content (AvgIpc) is 2.44. The Kier molecular flexibility index (Phi) is 6.37. The van der Waals surface area contributed by atoms with Crippen LogP contribution in [-0.4, -0.2) is 39.7 Å². The van der Waals surface area contributed by atoms with Crippen LogP contribution in [0.5, 0.6) is 5.75 Å². The molecule has 1 rings (SSSR count). The Balaban J connectivity index is 2.51. The predicted molar refractivity (Wildman–Crippen MR) is 82.6 cm³/mol. The minimum atomic E-state index is -1.24. The van der Waals surface area contributed by atoms with Crippen molar-refractivity contribution >= 4 is 6.09 Å². The van der Waals surface area contributed by atoms with E-state index in [1.54, 1.807) is 26.8 Å². The first-order valence-corrected chi connectivity index (χ1v) is 7.20. The smallest absolute Gasteiger partial charge is 0.407 e. The van der Waals surface area contributed by atoms with Crippen LogP contribution in [0.25, 0.3) is 0 Å². The summed E-state index contributed by atoms with van der Waals surface area (Å²) in [7, 11) is 0. The first-order valence-electron chi connectivity index (χ1n) is 7.20. The summed E-state index contributed by atoms with van der Waals surface area (Å²) in [6.45, 7) is 5.34. The van der Waals surface area contributed by atoms with Crippen LogP contribution in [0.3, 0.4) is 0 Å². The van der Waals surface area contributed by atoms with Gasteiger partial charge >= 0.3 is 6.09 Å². The summed E-state index contributed by atoms with van der Waals surface area (Å²) in [5.74, 6) is -0.261. The standard InChI is InChI=1S/C16H22N2O5/c1-16(2,3)23-15(22)18-7-6-12(19)14(21)10-4-5-11(9-17)13(20)8-10/h4-5,8,12,14,19-21H,6-7H2,1-3H3,(H,18,22). The SMILES string of the molecule is CC(C)(C)OC(=O)NCCC(O)C(O)c1ccc(C#N)c(O)c1. The first-order chi connectivity index (χ1) is 10.6. The van der Waals surface area contributed by atoms with Crippen molar-refractivity contribution in [2.75, 3.05) is 6.54 Å². The molecule has 0 saturated carbocycles. The Morgan fingerprint density at radius 2 is 2.04 bits per heavy atom. The Labute approximate surface area is 135 Å². The summed E-state index contributed by atoms with van der Waals surface area (Å²) in [4.78, 5) is 11.5. The molecule has 0 heterocycles. The molecule has 7 nitrogen and oxygen atoms in total. The van der Waals surface area contributed by atoms with Gasteiger partial charge in [0.15, 0.2) is 0 Å². The number of ether oxygens (including phenoxy) is 1. The summed E-state index contributed by atoms with van der Waals surface area (Å²) in [6.07, 6.45) is -2.89. The van der Waals surface area contributed by atoms with Crippen molar-refractivity contribution in [1.29, 1.82) is 5.26 Å². The second-order valence-corrected chi connectivity index (χ2v) is 6.12. The molecule has 0 aliphatic carbocycles. The van der Waals surface area contributed by atoms with E-state index in [-0.39, 0.29) is 29.8 Å². The first kappa shape index (κ1) is 18.7. The summed E-state index contributed by atoms with van der Waals surface area (Å²) >= 11 is 0. The maximum Gasteiger partial charge on any atom is 0.407 e. The molecule has 0 saturated heterocycles. The Morgan fingerprint density at radius 3 is 2.57 bits per heavy atom. The molecule has 23 heavy (non-hydrogen) atoms. The number of benzene rings is 1. The number of phenolic OH excluding ortho intramolecular Hbond substituents is 1. The number of nitrogens with zero attached hydrogens (tertiary/aromatic N) is 1. The van der Waals surface area contributed by atoms with Gasteiger partial charge in [0.25, 0.3) is 0 Å². The average molecular weight is 322 g/mol. The minimum Gasteiger partial charge on any atom is -0.507 e. The van der Waals surface area contributed by atoms with Crippen molar-refractivity contribution in [1.82, 2.24) is 5.32 Å². The molecule has 0 bridgehead atoms. The second kappa shape index (κ2) is 7.81. The highest BCUT2D eigenvalue weighted by atomic mass is 16.6. The van der Waals surface area contributed by atoms with E-state index in [1.807, 2.05) is 0 Å². The fourth-order valence-electron chi connectivity index (χ4n) is 1.84. The monoisotopic (exact) mass is 322 g/mol. The largest absolute Gasteiger partial charge is 0.507 e. The van der Waals surface area contributed by atoms with Gasteiger partial charge in [0.05, 0.1) is 11.7 Å². The summed E-state index contributed by atoms with van der Waals surface area (Å²) in [6, 6.07) is 5.84. The van der Waals surface area contributed by atoms with Gasteiger partial charge in [0.2, 0.25) is 0 Å². The Morgan fingerprint density at radius 1 is 1.39 bits per heavy atom. The fourth-order valence-corrected chi connectivity index (χ4v) is 1.84. The molecule has 2 atom stereocenters. The number of aliphatic hydroxyl groups is 2. The zero-order chi connectivity index (χ0) is 17.6. The van der Waals surface area contributed by atoms with E-state index in [0.717, 1.165) is 0 Å². The van der Waals surface area contributed by atoms with Crippen molar-refractivity contribution < 1.29 is 24.9 Å². The number of nitrogens with one attached hydrogen (secondary N) is 1. The maximum absolute atomic E-state index is 11.5. The number of amides is 1. The van der Waals surface area contributed by atoms with E-state index >= 15 is 0 Å². The van der Waals surface area contributed by atoms with Crippen LogP contribution in [0, 0.1) is 11.3 Å². The van der Waals surface area contributed by atoms with E-state index in [0.29, 0.717) is 0 Å². The van der Waals surface area contributed by atoms with Gasteiger partial charge in [0.1, 0.15) is 23.5 Å². The summed E-state index contributed by atoms with van der Waals surface area (Å²) in [5.41, 5.74) is -0.240. The van der Waals surface area contributed by atoms with Crippen molar-refractivity contribution in [3.05, 3.63) is 29.3 Å². The third-order valence-electron chi connectivity index (χ3n) is 2.96. The number of hydrogen-bond acceptors (Lipinski definition) is 6. The molecule has 0 spiro atoms. The lowest BCUT2D eigenvalue weighted by Gasteiger charge is -2.21. The van der Waals surface area contributed by atoms with E-state index in [2.05, 4.69) is 5.32 Å². The molecule has 126 valence electrons. The molecule has 1 amide bonds. The lowest BCUT2D eigenvalue weighted by molar-refractivity contribution is 0.0122. The van der Waals surface area contributed by atoms with Crippen LogP contribution < -0.4 is 5.32 Å². The predicted octanol–water partition coefficient (Wildman–Crippen LogP) is 1.57. The molecule has 2 unspecified atom stereocenters. The van der Waals surface area contributed by atoms with Crippen LogP contribution in [-0.2, 0) is 4.74 Å². The number of carbonyl (C=O) groups excluding carboxylic acids is 1. The van der Waals surface area contributed by atoms with E-state index in [1.165, 1.54) is 18.2 Å². The molecule has 0 aliphatic rings. The van der Waals surface area contributed by atoms with Crippen LogP contribution in [0.2, 0.25) is 0 Å². The molecule has 0 aromatic heterocycles. The number of aliphatic hydroxyl groups excluding tert-OH is 2. The van der Waals surface area contributed by atoms with E-state index in [4.69, 9.17) is 10.00 Å². The van der Waals surface area contributed by atoms with E-state index < -0.39 is 23.9 Å². The molecular weight excluding hydrogens is 300 g/mol. The molecule has 7 heteroatoms. The fraction of sp³-hybridized carbons (Fsp3) is 0.500. The molecule has 0 aliphatic heterocycles. The van der Waals surface area contributed by atoms with Crippen molar-refractivity contribution in [3.8, 4) is 11.8 Å². The quantitative estimate of drug-likeness (QED) is 0.652. The third kappa shape index (κ3) is 6.14. The summed E-state index contributed by atoms with van der Waals surface area (Å²) in [5, 5.41) is 40.8. The number of nitriles is 1.